The molecule has 6 heteroatoms. The van der Waals surface area contributed by atoms with Gasteiger partial charge in [0.25, 0.3) is 0 Å². The molecule has 1 fully saturated rings. The Morgan fingerprint density at radius 2 is 2.25 bits per heavy atom. The maximum Gasteiger partial charge on any atom is 0.243 e. The average Bonchev–Trinajstić information content (AvgIpc) is 3.28. The standard InChI is InChI=1S/C18H21N3O3/c1-12-9-16(24-20-12)19-17(22)13(2)21-8-7-18(11-21)15-6-4-3-5-14(15)10-23-18/h3-6,9,13H,7-8,10-11H2,1-2H3,(H,19,22). The van der Waals surface area contributed by atoms with Gasteiger partial charge in [0.2, 0.25) is 11.8 Å². The van der Waals surface area contributed by atoms with E-state index in [1.807, 2.05) is 19.9 Å². The highest BCUT2D eigenvalue weighted by molar-refractivity contribution is 5.93. The summed E-state index contributed by atoms with van der Waals surface area (Å²) in [6.07, 6.45) is 0.906. The van der Waals surface area contributed by atoms with Gasteiger partial charge in [0, 0.05) is 19.2 Å². The summed E-state index contributed by atoms with van der Waals surface area (Å²) in [4.78, 5) is 14.6. The third-order valence-electron chi connectivity index (χ3n) is 5.08. The van der Waals surface area contributed by atoms with Crippen molar-refractivity contribution in [3.8, 4) is 0 Å². The zero-order valence-electron chi connectivity index (χ0n) is 13.9. The first kappa shape index (κ1) is 15.4. The lowest BCUT2D eigenvalue weighted by Crippen LogP contribution is -2.42. The molecule has 6 nitrogen and oxygen atoms in total. The smallest absolute Gasteiger partial charge is 0.243 e. The number of rotatable bonds is 3. The first-order chi connectivity index (χ1) is 11.6. The van der Waals surface area contributed by atoms with Gasteiger partial charge in [-0.3, -0.25) is 15.0 Å². The van der Waals surface area contributed by atoms with Crippen LogP contribution < -0.4 is 5.32 Å². The quantitative estimate of drug-likeness (QED) is 0.938. The van der Waals surface area contributed by atoms with Gasteiger partial charge in [-0.25, -0.2) is 0 Å². The van der Waals surface area contributed by atoms with Crippen LogP contribution in [0.3, 0.4) is 0 Å². The monoisotopic (exact) mass is 327 g/mol. The number of nitrogens with zero attached hydrogens (tertiary/aromatic N) is 2. The lowest BCUT2D eigenvalue weighted by molar-refractivity contribution is -0.121. The van der Waals surface area contributed by atoms with Crippen LogP contribution in [0.15, 0.2) is 34.9 Å². The van der Waals surface area contributed by atoms with Gasteiger partial charge in [-0.2, -0.15) is 0 Å². The van der Waals surface area contributed by atoms with E-state index in [0.717, 1.165) is 25.2 Å². The van der Waals surface area contributed by atoms with Crippen LogP contribution in [0.4, 0.5) is 5.88 Å². The molecule has 1 aromatic carbocycles. The van der Waals surface area contributed by atoms with Crippen LogP contribution in [0.25, 0.3) is 0 Å². The molecule has 24 heavy (non-hydrogen) atoms. The van der Waals surface area contributed by atoms with E-state index in [1.165, 1.54) is 11.1 Å². The largest absolute Gasteiger partial charge is 0.364 e. The predicted octanol–water partition coefficient (Wildman–Crippen LogP) is 2.44. The van der Waals surface area contributed by atoms with Crippen molar-refractivity contribution in [1.29, 1.82) is 0 Å². The summed E-state index contributed by atoms with van der Waals surface area (Å²) in [6.45, 7) is 5.95. The highest BCUT2D eigenvalue weighted by Gasteiger charge is 2.47. The number of aromatic nitrogens is 1. The van der Waals surface area contributed by atoms with E-state index in [9.17, 15) is 4.79 Å². The Morgan fingerprint density at radius 1 is 1.42 bits per heavy atom. The number of amides is 1. The summed E-state index contributed by atoms with van der Waals surface area (Å²) in [5, 5.41) is 6.57. The number of aryl methyl sites for hydroxylation is 1. The molecule has 2 aliphatic rings. The van der Waals surface area contributed by atoms with E-state index in [0.29, 0.717) is 12.5 Å². The molecule has 1 saturated heterocycles. The summed E-state index contributed by atoms with van der Waals surface area (Å²) >= 11 is 0. The zero-order chi connectivity index (χ0) is 16.7. The highest BCUT2D eigenvalue weighted by Crippen LogP contribution is 2.43. The van der Waals surface area contributed by atoms with E-state index in [2.05, 4.69) is 33.6 Å². The fourth-order valence-electron chi connectivity index (χ4n) is 3.68. The van der Waals surface area contributed by atoms with Crippen molar-refractivity contribution in [1.82, 2.24) is 10.1 Å². The van der Waals surface area contributed by atoms with E-state index < -0.39 is 0 Å². The Morgan fingerprint density at radius 3 is 3.04 bits per heavy atom. The molecule has 1 N–H and O–H groups in total. The van der Waals surface area contributed by atoms with Crippen molar-refractivity contribution in [3.63, 3.8) is 0 Å². The van der Waals surface area contributed by atoms with Crippen LogP contribution >= 0.6 is 0 Å². The molecule has 1 amide bonds. The first-order valence-electron chi connectivity index (χ1n) is 8.28. The molecular formula is C18H21N3O3. The second-order valence-corrected chi connectivity index (χ2v) is 6.66. The maximum absolute atomic E-state index is 12.5. The van der Waals surface area contributed by atoms with E-state index >= 15 is 0 Å². The Kier molecular flexibility index (Phi) is 3.66. The van der Waals surface area contributed by atoms with E-state index in [4.69, 9.17) is 9.26 Å². The molecule has 2 unspecified atom stereocenters. The number of nitrogens with one attached hydrogen (secondary N) is 1. The maximum atomic E-state index is 12.5. The number of benzene rings is 1. The van der Waals surface area contributed by atoms with Crippen molar-refractivity contribution in [3.05, 3.63) is 47.2 Å². The predicted molar refractivity (Wildman–Crippen MR) is 88.4 cm³/mol. The Bertz CT molecular complexity index is 772. The second kappa shape index (κ2) is 5.72. The zero-order valence-corrected chi connectivity index (χ0v) is 13.9. The number of ether oxygens (including phenoxy) is 1. The number of carbonyl (C=O) groups is 1. The fraction of sp³-hybridized carbons (Fsp3) is 0.444. The van der Waals surface area contributed by atoms with Gasteiger partial charge >= 0.3 is 0 Å². The minimum Gasteiger partial charge on any atom is -0.364 e. The van der Waals surface area contributed by atoms with Crippen LogP contribution in [0.2, 0.25) is 0 Å². The molecule has 2 atom stereocenters. The molecule has 1 aromatic heterocycles. The number of hydrogen-bond acceptors (Lipinski definition) is 5. The molecule has 0 bridgehead atoms. The third-order valence-corrected chi connectivity index (χ3v) is 5.08. The summed E-state index contributed by atoms with van der Waals surface area (Å²) in [7, 11) is 0. The molecular weight excluding hydrogens is 306 g/mol. The third kappa shape index (κ3) is 2.52. The van der Waals surface area contributed by atoms with Crippen LogP contribution in [0.1, 0.15) is 30.2 Å². The molecule has 3 heterocycles. The van der Waals surface area contributed by atoms with Crippen LogP contribution in [0.5, 0.6) is 0 Å². The minimum atomic E-state index is -0.270. The number of hydrogen-bond donors (Lipinski definition) is 1. The van der Waals surface area contributed by atoms with Crippen LogP contribution in [-0.2, 0) is 21.7 Å². The second-order valence-electron chi connectivity index (χ2n) is 6.66. The van der Waals surface area contributed by atoms with Crippen molar-refractivity contribution in [2.24, 2.45) is 0 Å². The number of fused-ring (bicyclic) bond motifs is 2. The van der Waals surface area contributed by atoms with Gasteiger partial charge in [0.15, 0.2) is 0 Å². The molecule has 4 rings (SSSR count). The summed E-state index contributed by atoms with van der Waals surface area (Å²) < 4.78 is 11.2. The van der Waals surface area contributed by atoms with Crippen LogP contribution in [-0.4, -0.2) is 35.1 Å². The Labute approximate surface area is 140 Å². The van der Waals surface area contributed by atoms with Gasteiger partial charge in [-0.05, 0) is 31.4 Å². The van der Waals surface area contributed by atoms with Crippen molar-refractivity contribution in [2.75, 3.05) is 18.4 Å². The van der Waals surface area contributed by atoms with Crippen molar-refractivity contribution in [2.45, 2.75) is 38.5 Å². The normalized spacial score (nSPS) is 24.2. The van der Waals surface area contributed by atoms with Gasteiger partial charge < -0.3 is 9.26 Å². The summed E-state index contributed by atoms with van der Waals surface area (Å²) in [6, 6.07) is 9.82. The molecule has 0 saturated carbocycles. The van der Waals surface area contributed by atoms with Crippen LogP contribution in [0, 0.1) is 6.92 Å². The Balaban J connectivity index is 1.46. The molecule has 2 aliphatic heterocycles. The molecule has 0 aliphatic carbocycles. The van der Waals surface area contributed by atoms with Gasteiger partial charge in [-0.1, -0.05) is 29.4 Å². The van der Waals surface area contributed by atoms with Crippen molar-refractivity contribution >= 4 is 11.8 Å². The first-order valence-corrected chi connectivity index (χ1v) is 8.28. The molecule has 126 valence electrons. The number of anilines is 1. The van der Waals surface area contributed by atoms with E-state index in [-0.39, 0.29) is 17.6 Å². The highest BCUT2D eigenvalue weighted by atomic mass is 16.5. The lowest BCUT2D eigenvalue weighted by Gasteiger charge is -2.27. The SMILES string of the molecule is Cc1cc(NC(=O)C(C)N2CCC3(C2)OCc2ccccc23)on1. The van der Waals surface area contributed by atoms with Gasteiger partial charge in [-0.15, -0.1) is 0 Å². The minimum absolute atomic E-state index is 0.0884. The van der Waals surface area contributed by atoms with Gasteiger partial charge in [0.05, 0.1) is 18.3 Å². The molecule has 2 aromatic rings. The van der Waals surface area contributed by atoms with Crippen molar-refractivity contribution < 1.29 is 14.1 Å². The Hall–Kier alpha value is -2.18. The molecule has 0 radical (unpaired) electrons. The van der Waals surface area contributed by atoms with Gasteiger partial charge in [0.1, 0.15) is 5.60 Å². The lowest BCUT2D eigenvalue weighted by atomic mass is 9.92. The average molecular weight is 327 g/mol. The fourth-order valence-corrected chi connectivity index (χ4v) is 3.68. The number of carbonyl (C=O) groups excluding carboxylic acids is 1. The topological polar surface area (TPSA) is 67.6 Å². The summed E-state index contributed by atoms with van der Waals surface area (Å²) in [5.41, 5.74) is 3.00. The van der Waals surface area contributed by atoms with E-state index in [1.54, 1.807) is 6.07 Å². The summed E-state index contributed by atoms with van der Waals surface area (Å²) in [5.74, 6) is 0.301. The number of likely N-dealkylation sites (tertiary alicyclic amines) is 1. The molecule has 1 spiro atoms.